The van der Waals surface area contributed by atoms with Gasteiger partial charge in [0.25, 0.3) is 0 Å². The van der Waals surface area contributed by atoms with Crippen LogP contribution in [0, 0.1) is 5.41 Å². The minimum absolute atomic E-state index is 0.455. The van der Waals surface area contributed by atoms with Crippen molar-refractivity contribution in [3.8, 4) is 0 Å². The van der Waals surface area contributed by atoms with Gasteiger partial charge in [-0.2, -0.15) is 11.8 Å². The zero-order chi connectivity index (χ0) is 11.3. The Balaban J connectivity index is 2.39. The number of hydrogen-bond donors (Lipinski definition) is 0. The molecule has 1 rings (SSSR count). The normalized spacial score (nSPS) is 27.2. The van der Waals surface area contributed by atoms with Gasteiger partial charge in [-0.15, -0.1) is 0 Å². The van der Waals surface area contributed by atoms with E-state index < -0.39 is 0 Å². The molecular formula is C12H23BrOS. The van der Waals surface area contributed by atoms with E-state index in [0.717, 1.165) is 17.2 Å². The van der Waals surface area contributed by atoms with Crippen molar-refractivity contribution in [2.45, 2.75) is 51.4 Å². The van der Waals surface area contributed by atoms with Crippen LogP contribution in [0.15, 0.2) is 0 Å². The van der Waals surface area contributed by atoms with Crippen LogP contribution in [0.25, 0.3) is 0 Å². The maximum Gasteiger partial charge on any atom is 0.0666 e. The van der Waals surface area contributed by atoms with Gasteiger partial charge in [0.15, 0.2) is 0 Å². The second-order valence-corrected chi connectivity index (χ2v) is 6.34. The zero-order valence-corrected chi connectivity index (χ0v) is 12.5. The molecule has 0 saturated carbocycles. The Bertz CT molecular complexity index is 174. The topological polar surface area (TPSA) is 9.23 Å². The molecule has 0 aromatic rings. The third kappa shape index (κ3) is 3.64. The molecule has 0 N–H and O–H groups in total. The molecule has 1 nitrogen and oxygen atoms in total. The predicted molar refractivity (Wildman–Crippen MR) is 73.1 cm³/mol. The maximum atomic E-state index is 5.60. The predicted octanol–water partition coefficient (Wildman–Crippen LogP) is 4.10. The van der Waals surface area contributed by atoms with Crippen LogP contribution < -0.4 is 0 Å². The lowest BCUT2D eigenvalue weighted by Crippen LogP contribution is -2.26. The number of hydrogen-bond acceptors (Lipinski definition) is 2. The number of thioether (sulfide) groups is 1. The molecule has 1 aliphatic rings. The molecule has 2 unspecified atom stereocenters. The molecule has 15 heavy (non-hydrogen) atoms. The standard InChI is InChI=1S/C12H23BrOS/c1-4-12(5-2,8-13)9-15-11-6-7-14-10(11)3/h10-11H,4-9H2,1-3H3. The fourth-order valence-corrected chi connectivity index (χ4v) is 4.84. The molecule has 2 atom stereocenters. The van der Waals surface area contributed by atoms with E-state index >= 15 is 0 Å². The summed E-state index contributed by atoms with van der Waals surface area (Å²) in [4.78, 5) is 0. The highest BCUT2D eigenvalue weighted by atomic mass is 79.9. The van der Waals surface area contributed by atoms with Crippen LogP contribution in [0.1, 0.15) is 40.0 Å². The highest BCUT2D eigenvalue weighted by Crippen LogP contribution is 2.37. The van der Waals surface area contributed by atoms with Crippen LogP contribution >= 0.6 is 27.7 Å². The fourth-order valence-electron chi connectivity index (χ4n) is 1.90. The molecule has 0 aromatic heterocycles. The van der Waals surface area contributed by atoms with Crippen molar-refractivity contribution < 1.29 is 4.74 Å². The van der Waals surface area contributed by atoms with Crippen LogP contribution in [0.5, 0.6) is 0 Å². The zero-order valence-electron chi connectivity index (χ0n) is 10.1. The first-order valence-corrected chi connectivity index (χ1v) is 8.13. The summed E-state index contributed by atoms with van der Waals surface area (Å²) in [5.74, 6) is 1.27. The van der Waals surface area contributed by atoms with E-state index in [1.165, 1.54) is 25.0 Å². The van der Waals surface area contributed by atoms with Gasteiger partial charge in [-0.3, -0.25) is 0 Å². The van der Waals surface area contributed by atoms with Crippen LogP contribution in [0.2, 0.25) is 0 Å². The summed E-state index contributed by atoms with van der Waals surface area (Å²) in [5, 5.41) is 1.85. The van der Waals surface area contributed by atoms with Gasteiger partial charge in [0.2, 0.25) is 0 Å². The molecule has 1 aliphatic heterocycles. The Hall–Kier alpha value is 0.790. The minimum Gasteiger partial charge on any atom is -0.377 e. The van der Waals surface area contributed by atoms with Gasteiger partial charge >= 0.3 is 0 Å². The molecule has 90 valence electrons. The van der Waals surface area contributed by atoms with E-state index in [4.69, 9.17) is 4.74 Å². The van der Waals surface area contributed by atoms with Crippen LogP contribution in [-0.2, 0) is 4.74 Å². The highest BCUT2D eigenvalue weighted by molar-refractivity contribution is 9.09. The van der Waals surface area contributed by atoms with E-state index in [2.05, 4.69) is 48.5 Å². The van der Waals surface area contributed by atoms with Crippen molar-refractivity contribution >= 4 is 27.7 Å². The van der Waals surface area contributed by atoms with Gasteiger partial charge in [-0.1, -0.05) is 29.8 Å². The molecule has 0 aliphatic carbocycles. The molecule has 1 saturated heterocycles. The molecule has 3 heteroatoms. The van der Waals surface area contributed by atoms with E-state index in [1.54, 1.807) is 0 Å². The molecule has 0 bridgehead atoms. The molecule has 0 radical (unpaired) electrons. The Morgan fingerprint density at radius 1 is 1.40 bits per heavy atom. The van der Waals surface area contributed by atoms with Crippen LogP contribution in [0.3, 0.4) is 0 Å². The first-order valence-electron chi connectivity index (χ1n) is 5.96. The quantitative estimate of drug-likeness (QED) is 0.682. The summed E-state index contributed by atoms with van der Waals surface area (Å²) in [5.41, 5.74) is 0.493. The largest absolute Gasteiger partial charge is 0.377 e. The number of alkyl halides is 1. The van der Waals surface area contributed by atoms with Crippen molar-refractivity contribution in [3.63, 3.8) is 0 Å². The van der Waals surface area contributed by atoms with E-state index in [1.807, 2.05) is 0 Å². The van der Waals surface area contributed by atoms with Crippen molar-refractivity contribution in [2.75, 3.05) is 17.7 Å². The first-order chi connectivity index (χ1) is 7.17. The summed E-state index contributed by atoms with van der Waals surface area (Å²) in [6, 6.07) is 0. The molecule has 1 fully saturated rings. The van der Waals surface area contributed by atoms with Crippen molar-refractivity contribution in [1.29, 1.82) is 0 Å². The lowest BCUT2D eigenvalue weighted by molar-refractivity contribution is 0.127. The minimum atomic E-state index is 0.455. The Morgan fingerprint density at radius 2 is 2.07 bits per heavy atom. The lowest BCUT2D eigenvalue weighted by Gasteiger charge is -2.30. The maximum absolute atomic E-state index is 5.60. The second-order valence-electron chi connectivity index (χ2n) is 4.55. The number of halogens is 1. The van der Waals surface area contributed by atoms with Gasteiger partial charge in [-0.05, 0) is 31.6 Å². The summed E-state index contributed by atoms with van der Waals surface area (Å²) >= 11 is 5.79. The van der Waals surface area contributed by atoms with E-state index in [-0.39, 0.29) is 0 Å². The highest BCUT2D eigenvalue weighted by Gasteiger charge is 2.30. The average molecular weight is 295 g/mol. The molecule has 0 aromatic carbocycles. The van der Waals surface area contributed by atoms with Crippen LogP contribution in [-0.4, -0.2) is 29.0 Å². The van der Waals surface area contributed by atoms with Crippen molar-refractivity contribution in [1.82, 2.24) is 0 Å². The summed E-state index contributed by atoms with van der Waals surface area (Å²) < 4.78 is 5.60. The molecule has 0 spiro atoms. The third-order valence-corrected chi connectivity index (χ3v) is 6.71. The number of ether oxygens (including phenoxy) is 1. The van der Waals surface area contributed by atoms with Gasteiger partial charge < -0.3 is 4.74 Å². The summed E-state index contributed by atoms with van der Waals surface area (Å²) in [6.07, 6.45) is 4.22. The van der Waals surface area contributed by atoms with Gasteiger partial charge in [0.05, 0.1) is 6.10 Å². The van der Waals surface area contributed by atoms with Gasteiger partial charge in [0, 0.05) is 22.9 Å². The second kappa shape index (κ2) is 6.51. The smallest absolute Gasteiger partial charge is 0.0666 e. The third-order valence-electron chi connectivity index (χ3n) is 3.69. The molecule has 1 heterocycles. The molecular weight excluding hydrogens is 272 g/mol. The Morgan fingerprint density at radius 3 is 2.47 bits per heavy atom. The SMILES string of the molecule is CCC(CC)(CBr)CSC1CCOC1C. The van der Waals surface area contributed by atoms with Gasteiger partial charge in [0.1, 0.15) is 0 Å². The Kier molecular flexibility index (Phi) is 6.01. The lowest BCUT2D eigenvalue weighted by atomic mass is 9.87. The van der Waals surface area contributed by atoms with Crippen molar-refractivity contribution in [2.24, 2.45) is 5.41 Å². The summed E-state index contributed by atoms with van der Waals surface area (Å²) in [6.45, 7) is 7.77. The monoisotopic (exact) mass is 294 g/mol. The van der Waals surface area contributed by atoms with Crippen molar-refractivity contribution in [3.05, 3.63) is 0 Å². The first kappa shape index (κ1) is 13.9. The van der Waals surface area contributed by atoms with Crippen LogP contribution in [0.4, 0.5) is 0 Å². The average Bonchev–Trinajstić information content (AvgIpc) is 2.67. The Labute approximate surface area is 107 Å². The fraction of sp³-hybridized carbons (Fsp3) is 1.00. The summed E-state index contributed by atoms with van der Waals surface area (Å²) in [7, 11) is 0. The van der Waals surface area contributed by atoms with E-state index in [9.17, 15) is 0 Å². The van der Waals surface area contributed by atoms with E-state index in [0.29, 0.717) is 11.5 Å². The number of rotatable bonds is 6. The van der Waals surface area contributed by atoms with Gasteiger partial charge in [-0.25, -0.2) is 0 Å². The molecule has 0 amide bonds.